The summed E-state index contributed by atoms with van der Waals surface area (Å²) in [4.78, 5) is 4.40. The number of benzene rings is 1. The van der Waals surface area contributed by atoms with Crippen molar-refractivity contribution in [2.75, 3.05) is 0 Å². The van der Waals surface area contributed by atoms with E-state index in [-0.39, 0.29) is 11.2 Å². The molecular formula is C18H20BN3O2. The maximum absolute atomic E-state index is 6.10. The average Bonchev–Trinajstić information content (AvgIpc) is 3.10. The molecule has 1 aliphatic rings. The highest BCUT2D eigenvalue weighted by Gasteiger charge is 2.52. The first-order valence-corrected chi connectivity index (χ1v) is 8.12. The Hall–Kier alpha value is -2.18. The summed E-state index contributed by atoms with van der Waals surface area (Å²) in [5.74, 6) is 0. The van der Waals surface area contributed by atoms with Gasteiger partial charge in [0, 0.05) is 29.4 Å². The molecule has 5 nitrogen and oxygen atoms in total. The van der Waals surface area contributed by atoms with Crippen LogP contribution in [0.15, 0.2) is 48.9 Å². The van der Waals surface area contributed by atoms with Gasteiger partial charge >= 0.3 is 7.12 Å². The third kappa shape index (κ3) is 2.34. The SMILES string of the molecule is CC1(C)OB(c2cnn(-c3cccc4ncccc34)c2)OC1(C)C. The van der Waals surface area contributed by atoms with E-state index in [9.17, 15) is 0 Å². The normalized spacial score (nSPS) is 19.1. The maximum Gasteiger partial charge on any atom is 0.498 e. The Bertz CT molecular complexity index is 883. The summed E-state index contributed by atoms with van der Waals surface area (Å²) in [5, 5.41) is 5.56. The maximum atomic E-state index is 6.10. The van der Waals surface area contributed by atoms with Crippen LogP contribution >= 0.6 is 0 Å². The predicted molar refractivity (Wildman–Crippen MR) is 94.6 cm³/mol. The first kappa shape index (κ1) is 15.4. The van der Waals surface area contributed by atoms with Crippen LogP contribution in [0, 0.1) is 0 Å². The number of hydrogen-bond acceptors (Lipinski definition) is 4. The summed E-state index contributed by atoms with van der Waals surface area (Å²) in [7, 11) is -0.406. The molecule has 24 heavy (non-hydrogen) atoms. The smallest absolute Gasteiger partial charge is 0.399 e. The van der Waals surface area contributed by atoms with Crippen molar-refractivity contribution >= 4 is 23.5 Å². The fourth-order valence-electron chi connectivity index (χ4n) is 2.86. The molecule has 0 aliphatic carbocycles. The molecule has 1 saturated heterocycles. The van der Waals surface area contributed by atoms with Gasteiger partial charge in [-0.3, -0.25) is 4.98 Å². The monoisotopic (exact) mass is 321 g/mol. The van der Waals surface area contributed by atoms with E-state index in [4.69, 9.17) is 9.31 Å². The van der Waals surface area contributed by atoms with Gasteiger partial charge in [0.15, 0.2) is 0 Å². The van der Waals surface area contributed by atoms with Crippen molar-refractivity contribution in [2.24, 2.45) is 0 Å². The second-order valence-electron chi connectivity index (χ2n) is 7.15. The molecule has 6 heteroatoms. The minimum atomic E-state index is -0.406. The van der Waals surface area contributed by atoms with Crippen molar-refractivity contribution in [1.82, 2.24) is 14.8 Å². The molecule has 0 spiro atoms. The summed E-state index contributed by atoms with van der Waals surface area (Å²) < 4.78 is 14.0. The van der Waals surface area contributed by atoms with Crippen molar-refractivity contribution in [3.63, 3.8) is 0 Å². The number of fused-ring (bicyclic) bond motifs is 1. The van der Waals surface area contributed by atoms with Gasteiger partial charge < -0.3 is 9.31 Å². The second-order valence-corrected chi connectivity index (χ2v) is 7.15. The van der Waals surface area contributed by atoms with Crippen molar-refractivity contribution in [2.45, 2.75) is 38.9 Å². The van der Waals surface area contributed by atoms with Crippen LogP contribution in [0.4, 0.5) is 0 Å². The van der Waals surface area contributed by atoms with Crippen LogP contribution < -0.4 is 5.46 Å². The Morgan fingerprint density at radius 1 is 1.00 bits per heavy atom. The van der Waals surface area contributed by atoms with Gasteiger partial charge in [-0.15, -0.1) is 0 Å². The molecule has 0 amide bonds. The van der Waals surface area contributed by atoms with Crippen molar-refractivity contribution < 1.29 is 9.31 Å². The molecule has 2 aromatic heterocycles. The Morgan fingerprint density at radius 3 is 2.50 bits per heavy atom. The molecule has 0 saturated carbocycles. The Kier molecular flexibility index (Phi) is 3.30. The second kappa shape index (κ2) is 5.16. The number of nitrogens with zero attached hydrogens (tertiary/aromatic N) is 3. The molecule has 1 fully saturated rings. The lowest BCUT2D eigenvalue weighted by Gasteiger charge is -2.32. The van der Waals surface area contributed by atoms with E-state index in [1.54, 1.807) is 12.4 Å². The van der Waals surface area contributed by atoms with E-state index in [2.05, 4.69) is 10.1 Å². The Balaban J connectivity index is 1.71. The standard InChI is InChI=1S/C18H20BN3O2/c1-17(2)18(3,4)24-19(23-17)13-11-21-22(12-13)16-9-5-8-15-14(16)7-6-10-20-15/h5-12H,1-4H3. The highest BCUT2D eigenvalue weighted by atomic mass is 16.7. The summed E-state index contributed by atoms with van der Waals surface area (Å²) in [6.07, 6.45) is 5.56. The molecule has 1 aliphatic heterocycles. The third-order valence-electron chi connectivity index (χ3n) is 5.00. The quantitative estimate of drug-likeness (QED) is 0.681. The minimum Gasteiger partial charge on any atom is -0.399 e. The highest BCUT2D eigenvalue weighted by molar-refractivity contribution is 6.62. The zero-order valence-corrected chi connectivity index (χ0v) is 14.4. The molecule has 0 atom stereocenters. The summed E-state index contributed by atoms with van der Waals surface area (Å²) >= 11 is 0. The van der Waals surface area contributed by atoms with E-state index in [1.807, 2.05) is 68.9 Å². The molecule has 0 unspecified atom stereocenters. The van der Waals surface area contributed by atoms with Crippen LogP contribution in [-0.4, -0.2) is 33.1 Å². The van der Waals surface area contributed by atoms with Gasteiger partial charge in [-0.25, -0.2) is 4.68 Å². The van der Waals surface area contributed by atoms with E-state index < -0.39 is 7.12 Å². The predicted octanol–water partition coefficient (Wildman–Crippen LogP) is 2.72. The largest absolute Gasteiger partial charge is 0.498 e. The minimum absolute atomic E-state index is 0.358. The molecular weight excluding hydrogens is 301 g/mol. The zero-order chi connectivity index (χ0) is 16.9. The highest BCUT2D eigenvalue weighted by Crippen LogP contribution is 2.36. The zero-order valence-electron chi connectivity index (χ0n) is 14.4. The van der Waals surface area contributed by atoms with Gasteiger partial charge in [-0.05, 0) is 52.0 Å². The third-order valence-corrected chi connectivity index (χ3v) is 5.00. The average molecular weight is 321 g/mol. The summed E-state index contributed by atoms with van der Waals surface area (Å²) in [6, 6.07) is 10.0. The van der Waals surface area contributed by atoms with Crippen molar-refractivity contribution in [1.29, 1.82) is 0 Å². The van der Waals surface area contributed by atoms with Crippen LogP contribution in [0.25, 0.3) is 16.6 Å². The van der Waals surface area contributed by atoms with Crippen molar-refractivity contribution in [3.05, 3.63) is 48.9 Å². The van der Waals surface area contributed by atoms with E-state index in [0.717, 1.165) is 22.1 Å². The van der Waals surface area contributed by atoms with Crippen LogP contribution in [-0.2, 0) is 9.31 Å². The van der Waals surface area contributed by atoms with Crippen molar-refractivity contribution in [3.8, 4) is 5.69 Å². The van der Waals surface area contributed by atoms with Gasteiger partial charge in [0.1, 0.15) is 0 Å². The topological polar surface area (TPSA) is 49.2 Å². The molecule has 0 bridgehead atoms. The van der Waals surface area contributed by atoms with Gasteiger partial charge in [0.25, 0.3) is 0 Å². The first-order chi connectivity index (χ1) is 11.4. The van der Waals surface area contributed by atoms with Crippen LogP contribution in [0.1, 0.15) is 27.7 Å². The summed E-state index contributed by atoms with van der Waals surface area (Å²) in [6.45, 7) is 8.20. The van der Waals surface area contributed by atoms with Gasteiger partial charge in [-0.1, -0.05) is 6.07 Å². The lowest BCUT2D eigenvalue weighted by Crippen LogP contribution is -2.41. The molecule has 0 N–H and O–H groups in total. The van der Waals surface area contributed by atoms with E-state index in [0.29, 0.717) is 0 Å². The molecule has 122 valence electrons. The fourth-order valence-corrected chi connectivity index (χ4v) is 2.86. The van der Waals surface area contributed by atoms with E-state index >= 15 is 0 Å². The molecule has 1 aromatic carbocycles. The van der Waals surface area contributed by atoms with Crippen LogP contribution in [0.5, 0.6) is 0 Å². The molecule has 3 aromatic rings. The summed E-state index contributed by atoms with van der Waals surface area (Å²) in [5.41, 5.74) is 2.13. The van der Waals surface area contributed by atoms with Gasteiger partial charge in [0.05, 0.1) is 22.4 Å². The Morgan fingerprint density at radius 2 is 1.75 bits per heavy atom. The Labute approximate surface area is 141 Å². The molecule has 3 heterocycles. The molecule has 0 radical (unpaired) electrons. The number of aromatic nitrogens is 3. The van der Waals surface area contributed by atoms with Gasteiger partial charge in [-0.2, -0.15) is 5.10 Å². The van der Waals surface area contributed by atoms with Crippen LogP contribution in [0.3, 0.4) is 0 Å². The number of hydrogen-bond donors (Lipinski definition) is 0. The van der Waals surface area contributed by atoms with E-state index in [1.165, 1.54) is 0 Å². The lowest BCUT2D eigenvalue weighted by atomic mass is 9.82. The number of pyridine rings is 1. The number of rotatable bonds is 2. The van der Waals surface area contributed by atoms with Gasteiger partial charge in [0.2, 0.25) is 0 Å². The lowest BCUT2D eigenvalue weighted by molar-refractivity contribution is 0.00578. The molecule has 4 rings (SSSR count). The van der Waals surface area contributed by atoms with Crippen LogP contribution in [0.2, 0.25) is 0 Å². The first-order valence-electron chi connectivity index (χ1n) is 8.12. The fraction of sp³-hybridized carbons (Fsp3) is 0.333.